The van der Waals surface area contributed by atoms with Crippen LogP contribution in [0.15, 0.2) is 36.4 Å². The van der Waals surface area contributed by atoms with Crippen LogP contribution < -0.4 is 5.32 Å². The molecule has 0 saturated carbocycles. The van der Waals surface area contributed by atoms with E-state index in [2.05, 4.69) is 11.4 Å². The number of benzene rings is 1. The Morgan fingerprint density at radius 3 is 2.69 bits per heavy atom. The van der Waals surface area contributed by atoms with E-state index >= 15 is 0 Å². The molecule has 0 atom stereocenters. The number of hydrogen-bond donors (Lipinski definition) is 1. The average Bonchev–Trinajstić information content (AvgIpc) is 3.41. The summed E-state index contributed by atoms with van der Waals surface area (Å²) in [4.78, 5) is 21.6. The second kappa shape index (κ2) is 6.44. The molecule has 1 amide bonds. The van der Waals surface area contributed by atoms with Crippen LogP contribution in [0.3, 0.4) is 0 Å². The summed E-state index contributed by atoms with van der Waals surface area (Å²) in [7, 11) is 0. The monoisotopic (exact) mass is 383 g/mol. The molecule has 2 saturated heterocycles. The highest BCUT2D eigenvalue weighted by Gasteiger charge is 2.38. The molecule has 0 bridgehead atoms. The van der Waals surface area contributed by atoms with Gasteiger partial charge in [-0.3, -0.25) is 4.79 Å². The predicted octanol–water partition coefficient (Wildman–Crippen LogP) is 4.24. The number of aromatic nitrogens is 1. The van der Waals surface area contributed by atoms with Crippen LogP contribution >= 0.6 is 22.7 Å². The maximum Gasteiger partial charge on any atom is 0.263 e. The minimum absolute atomic E-state index is 0.183. The van der Waals surface area contributed by atoms with Crippen molar-refractivity contribution in [3.05, 3.63) is 41.3 Å². The average molecular weight is 384 g/mol. The van der Waals surface area contributed by atoms with Crippen molar-refractivity contribution in [1.29, 1.82) is 0 Å². The fourth-order valence-corrected chi connectivity index (χ4v) is 6.10. The fraction of sp³-hybridized carbons (Fsp3) is 0.400. The number of para-hydroxylation sites is 1. The van der Waals surface area contributed by atoms with E-state index in [0.29, 0.717) is 5.41 Å². The van der Waals surface area contributed by atoms with E-state index in [9.17, 15) is 4.79 Å². The molecule has 2 aromatic heterocycles. The minimum atomic E-state index is 0.183. The lowest BCUT2D eigenvalue weighted by Gasteiger charge is -2.38. The highest BCUT2D eigenvalue weighted by molar-refractivity contribution is 7.26. The molecule has 2 fully saturated rings. The van der Waals surface area contributed by atoms with Gasteiger partial charge in [-0.15, -0.1) is 22.7 Å². The molecule has 0 radical (unpaired) electrons. The zero-order valence-electron chi connectivity index (χ0n) is 14.5. The summed E-state index contributed by atoms with van der Waals surface area (Å²) in [5.41, 5.74) is 1.47. The molecule has 1 spiro atoms. The molecular weight excluding hydrogens is 362 g/mol. The molecule has 1 N–H and O–H groups in total. The van der Waals surface area contributed by atoms with E-state index in [0.717, 1.165) is 59.3 Å². The van der Waals surface area contributed by atoms with Crippen LogP contribution in [-0.4, -0.2) is 42.0 Å². The molecule has 6 heteroatoms. The van der Waals surface area contributed by atoms with Gasteiger partial charge in [-0.2, -0.15) is 0 Å². The van der Waals surface area contributed by atoms with Crippen molar-refractivity contribution in [2.45, 2.75) is 19.3 Å². The lowest BCUT2D eigenvalue weighted by molar-refractivity contribution is 0.0612. The highest BCUT2D eigenvalue weighted by Crippen LogP contribution is 2.38. The minimum Gasteiger partial charge on any atom is -0.338 e. The Morgan fingerprint density at radius 2 is 1.92 bits per heavy atom. The molecule has 1 aromatic carbocycles. The number of amides is 1. The Bertz CT molecular complexity index is 912. The summed E-state index contributed by atoms with van der Waals surface area (Å²) in [6.07, 6.45) is 3.51. The van der Waals surface area contributed by atoms with E-state index in [1.807, 2.05) is 35.2 Å². The molecule has 4 nitrogen and oxygen atoms in total. The van der Waals surface area contributed by atoms with Crippen molar-refractivity contribution >= 4 is 38.8 Å². The van der Waals surface area contributed by atoms with Crippen molar-refractivity contribution in [3.63, 3.8) is 0 Å². The number of rotatable bonds is 2. The molecule has 3 aromatic rings. The van der Waals surface area contributed by atoms with E-state index in [1.165, 1.54) is 11.1 Å². The zero-order valence-corrected chi connectivity index (χ0v) is 16.2. The summed E-state index contributed by atoms with van der Waals surface area (Å²) in [5.74, 6) is 0.183. The molecule has 0 unspecified atom stereocenters. The van der Waals surface area contributed by atoms with Gasteiger partial charge in [0, 0.05) is 19.6 Å². The van der Waals surface area contributed by atoms with Gasteiger partial charge in [-0.25, -0.2) is 4.98 Å². The quantitative estimate of drug-likeness (QED) is 0.720. The number of thiazole rings is 1. The largest absolute Gasteiger partial charge is 0.338 e. The van der Waals surface area contributed by atoms with Crippen LogP contribution in [0.1, 0.15) is 28.9 Å². The standard InChI is InChI=1S/C20H21N3OS2/c24-19(23-11-8-20(9-12-23)7-10-21-13-20)17-6-5-16(25-17)18-22-14-3-1-2-4-15(14)26-18/h1-6,21H,7-13H2. The number of likely N-dealkylation sites (tertiary alicyclic amines) is 1. The van der Waals surface area contributed by atoms with E-state index in [-0.39, 0.29) is 5.91 Å². The van der Waals surface area contributed by atoms with Crippen LogP contribution in [0.4, 0.5) is 0 Å². The topological polar surface area (TPSA) is 45.2 Å². The van der Waals surface area contributed by atoms with Crippen molar-refractivity contribution in [2.24, 2.45) is 5.41 Å². The molecule has 2 aliphatic rings. The maximum absolute atomic E-state index is 12.9. The second-order valence-corrected chi connectivity index (χ2v) is 9.48. The van der Waals surface area contributed by atoms with E-state index in [4.69, 9.17) is 4.98 Å². The first-order valence-corrected chi connectivity index (χ1v) is 10.8. The normalized spacial score (nSPS) is 19.5. The van der Waals surface area contributed by atoms with E-state index in [1.54, 1.807) is 22.7 Å². The van der Waals surface area contributed by atoms with Crippen LogP contribution in [-0.2, 0) is 0 Å². The Labute approximate surface area is 160 Å². The smallest absolute Gasteiger partial charge is 0.263 e. The molecule has 134 valence electrons. The number of thiophene rings is 1. The summed E-state index contributed by atoms with van der Waals surface area (Å²) < 4.78 is 1.19. The third kappa shape index (κ3) is 2.86. The third-order valence-electron chi connectivity index (χ3n) is 5.76. The molecule has 4 heterocycles. The number of carbonyl (C=O) groups is 1. The number of piperidine rings is 1. The molecule has 2 aliphatic heterocycles. The summed E-state index contributed by atoms with van der Waals surface area (Å²) in [6, 6.07) is 12.2. The Morgan fingerprint density at radius 1 is 1.08 bits per heavy atom. The molecule has 26 heavy (non-hydrogen) atoms. The van der Waals surface area contributed by atoms with Gasteiger partial charge in [0.05, 0.1) is 20.0 Å². The fourth-order valence-electron chi connectivity index (χ4n) is 4.11. The number of carbonyl (C=O) groups excluding carboxylic acids is 1. The van der Waals surface area contributed by atoms with Crippen LogP contribution in [0.5, 0.6) is 0 Å². The van der Waals surface area contributed by atoms with Crippen molar-refractivity contribution < 1.29 is 4.79 Å². The number of hydrogen-bond acceptors (Lipinski definition) is 5. The highest BCUT2D eigenvalue weighted by atomic mass is 32.1. The van der Waals surface area contributed by atoms with E-state index < -0.39 is 0 Å². The first kappa shape index (κ1) is 16.4. The number of nitrogens with zero attached hydrogens (tertiary/aromatic N) is 2. The summed E-state index contributed by atoms with van der Waals surface area (Å²) >= 11 is 3.26. The van der Waals surface area contributed by atoms with Crippen LogP contribution in [0, 0.1) is 5.41 Å². The molecule has 5 rings (SSSR count). The first-order valence-electron chi connectivity index (χ1n) is 9.18. The zero-order chi connectivity index (χ0) is 17.6. The van der Waals surface area contributed by atoms with Gasteiger partial charge in [-0.1, -0.05) is 12.1 Å². The van der Waals surface area contributed by atoms with Gasteiger partial charge in [0.25, 0.3) is 5.91 Å². The van der Waals surface area contributed by atoms with Gasteiger partial charge in [0.2, 0.25) is 0 Å². The van der Waals surface area contributed by atoms with Crippen LogP contribution in [0.25, 0.3) is 20.1 Å². The predicted molar refractivity (Wildman–Crippen MR) is 108 cm³/mol. The SMILES string of the molecule is O=C(c1ccc(-c2nc3ccccc3s2)s1)N1CCC2(CCNC2)CC1. The van der Waals surface area contributed by atoms with Gasteiger partial charge in [0.1, 0.15) is 5.01 Å². The summed E-state index contributed by atoms with van der Waals surface area (Å²) in [6.45, 7) is 4.02. The van der Waals surface area contributed by atoms with Gasteiger partial charge in [0.15, 0.2) is 0 Å². The van der Waals surface area contributed by atoms with Crippen molar-refractivity contribution in [3.8, 4) is 9.88 Å². The first-order chi connectivity index (χ1) is 12.7. The second-order valence-electron chi connectivity index (χ2n) is 7.37. The Kier molecular flexibility index (Phi) is 4.07. The molecular formula is C20H21N3OS2. The van der Waals surface area contributed by atoms with Gasteiger partial charge < -0.3 is 10.2 Å². The lowest BCUT2D eigenvalue weighted by Crippen LogP contribution is -2.43. The van der Waals surface area contributed by atoms with Crippen molar-refractivity contribution in [2.75, 3.05) is 26.2 Å². The van der Waals surface area contributed by atoms with Crippen LogP contribution in [0.2, 0.25) is 0 Å². The Balaban J connectivity index is 1.32. The number of fused-ring (bicyclic) bond motifs is 1. The lowest BCUT2D eigenvalue weighted by atomic mass is 9.78. The molecule has 0 aliphatic carbocycles. The maximum atomic E-state index is 12.9. The summed E-state index contributed by atoms with van der Waals surface area (Å²) in [5, 5.41) is 4.49. The third-order valence-corrected chi connectivity index (χ3v) is 8.04. The number of nitrogens with one attached hydrogen (secondary N) is 1. The van der Waals surface area contributed by atoms with Crippen molar-refractivity contribution in [1.82, 2.24) is 15.2 Å². The Hall–Kier alpha value is -1.76. The van der Waals surface area contributed by atoms with Gasteiger partial charge >= 0.3 is 0 Å². The van der Waals surface area contributed by atoms with Gasteiger partial charge in [-0.05, 0) is 55.5 Å².